The molecule has 3 atom stereocenters. The number of nitrogens with zero attached hydrogens (tertiary/aromatic N) is 2. The van der Waals surface area contributed by atoms with Crippen LogP contribution in [0, 0.1) is 17.2 Å². The maximum absolute atomic E-state index is 13.0. The van der Waals surface area contributed by atoms with Gasteiger partial charge < -0.3 is 9.84 Å². The van der Waals surface area contributed by atoms with Gasteiger partial charge in [-0.05, 0) is 31.0 Å². The molecule has 6 nitrogen and oxygen atoms in total. The summed E-state index contributed by atoms with van der Waals surface area (Å²) in [6, 6.07) is 7.68. The highest BCUT2D eigenvalue weighted by atomic mass is 32.2. The van der Waals surface area contributed by atoms with Crippen molar-refractivity contribution in [3.63, 3.8) is 0 Å². The minimum Gasteiger partial charge on any atom is -0.393 e. The lowest BCUT2D eigenvalue weighted by Gasteiger charge is -2.39. The Balaban J connectivity index is 1.94. The molecule has 3 rings (SSSR count). The third-order valence-electron chi connectivity index (χ3n) is 4.71. The highest BCUT2D eigenvalue weighted by Gasteiger charge is 2.42. The lowest BCUT2D eigenvalue weighted by atomic mass is 9.96. The summed E-state index contributed by atoms with van der Waals surface area (Å²) < 4.78 is 32.9. The second-order valence-corrected chi connectivity index (χ2v) is 7.95. The number of benzene rings is 1. The van der Waals surface area contributed by atoms with E-state index in [1.165, 1.54) is 16.4 Å². The van der Waals surface area contributed by atoms with Crippen molar-refractivity contribution in [2.24, 2.45) is 5.92 Å². The van der Waals surface area contributed by atoms with Crippen molar-refractivity contribution in [3.8, 4) is 6.07 Å². The van der Waals surface area contributed by atoms with Crippen LogP contribution in [0.1, 0.15) is 24.8 Å². The van der Waals surface area contributed by atoms with E-state index in [2.05, 4.69) is 0 Å². The molecule has 1 heterocycles. The Morgan fingerprint density at radius 2 is 2.17 bits per heavy atom. The number of morpholine rings is 1. The van der Waals surface area contributed by atoms with Gasteiger partial charge in [0, 0.05) is 12.5 Å². The second-order valence-electron chi connectivity index (χ2n) is 6.06. The minimum absolute atomic E-state index is 0.0933. The average molecular weight is 336 g/mol. The Labute approximate surface area is 136 Å². The van der Waals surface area contributed by atoms with Crippen molar-refractivity contribution in [3.05, 3.63) is 29.8 Å². The van der Waals surface area contributed by atoms with Gasteiger partial charge >= 0.3 is 0 Å². The van der Waals surface area contributed by atoms with Gasteiger partial charge in [-0.15, -0.1) is 0 Å². The molecular weight excluding hydrogens is 316 g/mol. The van der Waals surface area contributed by atoms with E-state index in [0.29, 0.717) is 25.2 Å². The molecule has 0 spiro atoms. The van der Waals surface area contributed by atoms with Gasteiger partial charge in [0.25, 0.3) is 0 Å². The van der Waals surface area contributed by atoms with Gasteiger partial charge in [0.2, 0.25) is 10.0 Å². The Kier molecular flexibility index (Phi) is 4.69. The first-order chi connectivity index (χ1) is 11.0. The molecule has 1 aliphatic carbocycles. The molecule has 0 amide bonds. The van der Waals surface area contributed by atoms with Crippen molar-refractivity contribution >= 4 is 10.0 Å². The van der Waals surface area contributed by atoms with Crippen LogP contribution in [0.5, 0.6) is 0 Å². The van der Waals surface area contributed by atoms with Gasteiger partial charge in [0.1, 0.15) is 0 Å². The zero-order chi connectivity index (χ0) is 16.4. The molecule has 0 unspecified atom stereocenters. The van der Waals surface area contributed by atoms with E-state index in [1.54, 1.807) is 12.1 Å². The molecule has 1 aliphatic heterocycles. The van der Waals surface area contributed by atoms with Crippen molar-refractivity contribution in [2.75, 3.05) is 19.8 Å². The largest absolute Gasteiger partial charge is 0.393 e. The van der Waals surface area contributed by atoms with Crippen LogP contribution in [0.25, 0.3) is 0 Å². The fourth-order valence-corrected chi connectivity index (χ4v) is 5.21. The highest BCUT2D eigenvalue weighted by Crippen LogP contribution is 2.34. The Hall–Kier alpha value is -1.46. The quantitative estimate of drug-likeness (QED) is 0.893. The second kappa shape index (κ2) is 6.57. The molecule has 1 aromatic carbocycles. The van der Waals surface area contributed by atoms with E-state index in [-0.39, 0.29) is 23.4 Å². The summed E-state index contributed by atoms with van der Waals surface area (Å²) in [5, 5.41) is 19.1. The van der Waals surface area contributed by atoms with Crippen molar-refractivity contribution in [1.82, 2.24) is 4.31 Å². The first-order valence-electron chi connectivity index (χ1n) is 7.82. The monoisotopic (exact) mass is 336 g/mol. The van der Waals surface area contributed by atoms with E-state index in [4.69, 9.17) is 10.00 Å². The molecule has 2 aliphatic rings. The van der Waals surface area contributed by atoms with E-state index in [1.807, 2.05) is 6.07 Å². The molecule has 1 aromatic rings. The Morgan fingerprint density at radius 1 is 1.35 bits per heavy atom. The van der Waals surface area contributed by atoms with E-state index >= 15 is 0 Å². The SMILES string of the molecule is N#Cc1cccc(S(=O)(=O)N2CCOC[C@@H]2[C@H]2CCC[C@@H]2O)c1. The van der Waals surface area contributed by atoms with Crippen LogP contribution in [0.3, 0.4) is 0 Å². The standard InChI is InChI=1S/C16H20N2O4S/c17-10-12-3-1-4-13(9-12)23(20,21)18-7-8-22-11-15(18)14-5-2-6-16(14)19/h1,3-4,9,14-16,19H,2,5-8,11H2/t14-,15-,16+/m1/s1. The highest BCUT2D eigenvalue weighted by molar-refractivity contribution is 7.89. The number of nitriles is 1. The number of aliphatic hydroxyl groups is 1. The molecule has 124 valence electrons. The number of hydrogen-bond donors (Lipinski definition) is 1. The number of rotatable bonds is 3. The van der Waals surface area contributed by atoms with Gasteiger partial charge in [-0.25, -0.2) is 8.42 Å². The van der Waals surface area contributed by atoms with Crippen LogP contribution in [-0.2, 0) is 14.8 Å². The van der Waals surface area contributed by atoms with Gasteiger partial charge in [0.15, 0.2) is 0 Å². The molecule has 7 heteroatoms. The van der Waals surface area contributed by atoms with Crippen molar-refractivity contribution in [1.29, 1.82) is 5.26 Å². The summed E-state index contributed by atoms with van der Waals surface area (Å²) in [6.07, 6.45) is 1.93. The number of hydrogen-bond acceptors (Lipinski definition) is 5. The summed E-state index contributed by atoms with van der Waals surface area (Å²) in [5.74, 6) is -0.0933. The smallest absolute Gasteiger partial charge is 0.243 e. The molecule has 2 fully saturated rings. The minimum atomic E-state index is -3.71. The van der Waals surface area contributed by atoms with Crippen LogP contribution in [0.15, 0.2) is 29.2 Å². The van der Waals surface area contributed by atoms with Crippen LogP contribution in [-0.4, -0.2) is 49.7 Å². The Bertz CT molecular complexity index is 713. The topological polar surface area (TPSA) is 90.6 Å². The van der Waals surface area contributed by atoms with Gasteiger partial charge in [-0.1, -0.05) is 12.5 Å². The first-order valence-corrected chi connectivity index (χ1v) is 9.26. The molecule has 1 saturated carbocycles. The summed E-state index contributed by atoms with van der Waals surface area (Å²) >= 11 is 0. The predicted octanol–water partition coefficient (Wildman–Crippen LogP) is 1.11. The van der Waals surface area contributed by atoms with Gasteiger partial charge in [-0.2, -0.15) is 9.57 Å². The zero-order valence-corrected chi connectivity index (χ0v) is 13.6. The van der Waals surface area contributed by atoms with Crippen LogP contribution < -0.4 is 0 Å². The number of ether oxygens (including phenoxy) is 1. The molecule has 0 aromatic heterocycles. The number of aliphatic hydroxyl groups excluding tert-OH is 1. The molecule has 0 radical (unpaired) electrons. The van der Waals surface area contributed by atoms with Crippen molar-refractivity contribution < 1.29 is 18.3 Å². The normalized spacial score (nSPS) is 29.3. The van der Waals surface area contributed by atoms with Crippen LogP contribution >= 0.6 is 0 Å². The van der Waals surface area contributed by atoms with E-state index in [9.17, 15) is 13.5 Å². The summed E-state index contributed by atoms with van der Waals surface area (Å²) in [4.78, 5) is 0.121. The molecule has 1 N–H and O–H groups in total. The van der Waals surface area contributed by atoms with Gasteiger partial charge in [-0.3, -0.25) is 0 Å². The average Bonchev–Trinajstić information content (AvgIpc) is 3.01. The van der Waals surface area contributed by atoms with E-state index in [0.717, 1.165) is 12.8 Å². The summed E-state index contributed by atoms with van der Waals surface area (Å²) in [5.41, 5.74) is 0.316. The molecule has 1 saturated heterocycles. The Morgan fingerprint density at radius 3 is 2.87 bits per heavy atom. The van der Waals surface area contributed by atoms with Crippen LogP contribution in [0.2, 0.25) is 0 Å². The third-order valence-corrected chi connectivity index (χ3v) is 6.63. The third kappa shape index (κ3) is 3.12. The van der Waals surface area contributed by atoms with Crippen LogP contribution in [0.4, 0.5) is 0 Å². The maximum atomic E-state index is 13.0. The zero-order valence-electron chi connectivity index (χ0n) is 12.8. The lowest BCUT2D eigenvalue weighted by molar-refractivity contribution is -0.0148. The molecule has 23 heavy (non-hydrogen) atoms. The number of sulfonamides is 1. The lowest BCUT2D eigenvalue weighted by Crippen LogP contribution is -2.53. The first kappa shape index (κ1) is 16.4. The van der Waals surface area contributed by atoms with E-state index < -0.39 is 16.1 Å². The predicted molar refractivity (Wildman–Crippen MR) is 83.0 cm³/mol. The van der Waals surface area contributed by atoms with Gasteiger partial charge in [0.05, 0.1) is 41.9 Å². The maximum Gasteiger partial charge on any atom is 0.243 e. The van der Waals surface area contributed by atoms with Crippen molar-refractivity contribution in [2.45, 2.75) is 36.3 Å². The molecule has 0 bridgehead atoms. The fourth-order valence-electron chi connectivity index (χ4n) is 3.52. The summed E-state index contributed by atoms with van der Waals surface area (Å²) in [6.45, 7) is 0.919. The fraction of sp³-hybridized carbons (Fsp3) is 0.562. The molecular formula is C16H20N2O4S. The summed E-state index contributed by atoms with van der Waals surface area (Å²) in [7, 11) is -3.71.